The third-order valence-corrected chi connectivity index (χ3v) is 5.79. The molecule has 0 aliphatic rings. The van der Waals surface area contributed by atoms with Crippen LogP contribution in [0.5, 0.6) is 5.75 Å². The Balaban J connectivity index is 2.00. The first-order valence-corrected chi connectivity index (χ1v) is 11.2. The van der Waals surface area contributed by atoms with Crippen molar-refractivity contribution in [1.82, 2.24) is 0 Å². The number of aromatic hydroxyl groups is 1. The van der Waals surface area contributed by atoms with Crippen molar-refractivity contribution in [2.75, 3.05) is 0 Å². The lowest BCUT2D eigenvalue weighted by Crippen LogP contribution is -2.10. The van der Waals surface area contributed by atoms with Gasteiger partial charge in [0.15, 0.2) is 0 Å². The van der Waals surface area contributed by atoms with Crippen molar-refractivity contribution in [2.24, 2.45) is 4.99 Å². The summed E-state index contributed by atoms with van der Waals surface area (Å²) in [7, 11) is 0. The summed E-state index contributed by atoms with van der Waals surface area (Å²) in [6.07, 6.45) is 1.80. The highest BCUT2D eigenvalue weighted by molar-refractivity contribution is 5.88. The molecule has 3 aromatic rings. The number of nitrogens with zero attached hydrogens (tertiary/aromatic N) is 1. The van der Waals surface area contributed by atoms with E-state index >= 15 is 0 Å². The first kappa shape index (κ1) is 22.8. The summed E-state index contributed by atoms with van der Waals surface area (Å²) < 4.78 is 0. The zero-order valence-corrected chi connectivity index (χ0v) is 19.9. The smallest absolute Gasteiger partial charge is 0.124 e. The molecule has 0 saturated carbocycles. The molecule has 0 unspecified atom stereocenters. The van der Waals surface area contributed by atoms with E-state index in [1.54, 1.807) is 12.3 Å². The fraction of sp³-hybridized carbons (Fsp3) is 0.345. The SMILES string of the molecule is CC(C)c1cccc(C(C)C)c1N=Cc1cc(-c2ccc(C(C)(C)C)cc2)ccc1O. The summed E-state index contributed by atoms with van der Waals surface area (Å²) >= 11 is 0. The number of phenolic OH excluding ortho intramolecular Hbond substituents is 1. The van der Waals surface area contributed by atoms with Crippen LogP contribution in [0, 0.1) is 0 Å². The van der Waals surface area contributed by atoms with Gasteiger partial charge in [-0.3, -0.25) is 4.99 Å². The Morgan fingerprint density at radius 2 is 1.32 bits per heavy atom. The summed E-state index contributed by atoms with van der Waals surface area (Å²) in [5.74, 6) is 1.01. The Hall–Kier alpha value is -2.87. The number of hydrogen-bond donors (Lipinski definition) is 1. The van der Waals surface area contributed by atoms with Gasteiger partial charge in [0.05, 0.1) is 5.69 Å². The Labute approximate surface area is 187 Å². The van der Waals surface area contributed by atoms with Crippen LogP contribution < -0.4 is 0 Å². The van der Waals surface area contributed by atoms with Gasteiger partial charge in [-0.25, -0.2) is 0 Å². The standard InChI is InChI=1S/C29H35NO/c1-19(2)25-9-8-10-26(20(3)4)28(25)30-18-23-17-22(13-16-27(23)31)21-11-14-24(15-12-21)29(5,6)7/h8-20,31H,1-7H3. The zero-order valence-electron chi connectivity index (χ0n) is 19.9. The number of aliphatic imine (C=N–C) groups is 1. The van der Waals surface area contributed by atoms with Crippen LogP contribution in [-0.2, 0) is 5.41 Å². The third-order valence-electron chi connectivity index (χ3n) is 5.79. The molecule has 0 aliphatic carbocycles. The Kier molecular flexibility index (Phi) is 6.69. The van der Waals surface area contributed by atoms with Gasteiger partial charge in [0.25, 0.3) is 0 Å². The van der Waals surface area contributed by atoms with E-state index in [9.17, 15) is 5.11 Å². The Morgan fingerprint density at radius 3 is 1.84 bits per heavy atom. The van der Waals surface area contributed by atoms with E-state index < -0.39 is 0 Å². The normalized spacial score (nSPS) is 12.3. The van der Waals surface area contributed by atoms with E-state index in [1.165, 1.54) is 16.7 Å². The number of rotatable bonds is 5. The molecule has 2 nitrogen and oxygen atoms in total. The minimum atomic E-state index is 0.128. The fourth-order valence-corrected chi connectivity index (χ4v) is 3.80. The molecule has 0 heterocycles. The van der Waals surface area contributed by atoms with Crippen molar-refractivity contribution in [3.05, 3.63) is 82.9 Å². The van der Waals surface area contributed by atoms with Crippen LogP contribution >= 0.6 is 0 Å². The van der Waals surface area contributed by atoms with Crippen LogP contribution in [0.15, 0.2) is 65.7 Å². The van der Waals surface area contributed by atoms with Crippen LogP contribution in [0.25, 0.3) is 11.1 Å². The predicted octanol–water partition coefficient (Wildman–Crippen LogP) is 8.35. The van der Waals surface area contributed by atoms with E-state index in [-0.39, 0.29) is 11.2 Å². The molecule has 0 aliphatic heterocycles. The van der Waals surface area contributed by atoms with Crippen molar-refractivity contribution >= 4 is 11.9 Å². The Morgan fingerprint density at radius 1 is 0.774 bits per heavy atom. The lowest BCUT2D eigenvalue weighted by Gasteiger charge is -2.19. The molecule has 1 N–H and O–H groups in total. The molecular formula is C29H35NO. The van der Waals surface area contributed by atoms with E-state index in [0.717, 1.165) is 22.4 Å². The molecule has 0 saturated heterocycles. The maximum atomic E-state index is 10.5. The topological polar surface area (TPSA) is 32.6 Å². The number of para-hydroxylation sites is 1. The number of benzene rings is 3. The quantitative estimate of drug-likeness (QED) is 0.419. The minimum absolute atomic E-state index is 0.128. The summed E-state index contributed by atoms with van der Waals surface area (Å²) in [4.78, 5) is 4.88. The summed E-state index contributed by atoms with van der Waals surface area (Å²) in [5, 5.41) is 10.5. The van der Waals surface area contributed by atoms with Crippen LogP contribution in [0.3, 0.4) is 0 Å². The molecule has 3 rings (SSSR count). The van der Waals surface area contributed by atoms with Crippen molar-refractivity contribution in [2.45, 2.75) is 65.7 Å². The first-order valence-electron chi connectivity index (χ1n) is 11.2. The van der Waals surface area contributed by atoms with Crippen molar-refractivity contribution in [1.29, 1.82) is 0 Å². The summed E-state index contributed by atoms with van der Waals surface area (Å²) in [6, 6.07) is 20.8. The highest BCUT2D eigenvalue weighted by atomic mass is 16.3. The molecule has 162 valence electrons. The highest BCUT2D eigenvalue weighted by Gasteiger charge is 2.14. The molecule has 0 bridgehead atoms. The van der Waals surface area contributed by atoms with Gasteiger partial charge in [-0.2, -0.15) is 0 Å². The molecule has 0 fully saturated rings. The average Bonchev–Trinajstić information content (AvgIpc) is 2.72. The summed E-state index contributed by atoms with van der Waals surface area (Å²) in [6.45, 7) is 15.4. The predicted molar refractivity (Wildman–Crippen MR) is 134 cm³/mol. The molecule has 0 amide bonds. The molecule has 0 aromatic heterocycles. The van der Waals surface area contributed by atoms with E-state index in [0.29, 0.717) is 11.8 Å². The van der Waals surface area contributed by atoms with Gasteiger partial charge >= 0.3 is 0 Å². The summed E-state index contributed by atoms with van der Waals surface area (Å²) in [5.41, 5.74) is 7.85. The number of hydrogen-bond acceptors (Lipinski definition) is 2. The molecule has 2 heteroatoms. The fourth-order valence-electron chi connectivity index (χ4n) is 3.80. The van der Waals surface area contributed by atoms with Gasteiger partial charge in [-0.15, -0.1) is 0 Å². The second-order valence-electron chi connectivity index (χ2n) is 9.95. The van der Waals surface area contributed by atoms with Gasteiger partial charge in [0.2, 0.25) is 0 Å². The van der Waals surface area contributed by atoms with Crippen molar-refractivity contribution in [3.63, 3.8) is 0 Å². The van der Waals surface area contributed by atoms with Gasteiger partial charge in [-0.1, -0.05) is 97.0 Å². The lowest BCUT2D eigenvalue weighted by atomic mass is 9.86. The molecule has 31 heavy (non-hydrogen) atoms. The average molecular weight is 414 g/mol. The lowest BCUT2D eigenvalue weighted by molar-refractivity contribution is 0.474. The molecule has 3 aromatic carbocycles. The molecule has 0 spiro atoms. The van der Waals surface area contributed by atoms with Crippen LogP contribution in [0.2, 0.25) is 0 Å². The second kappa shape index (κ2) is 9.09. The Bertz CT molecular complexity index is 1040. The van der Waals surface area contributed by atoms with Crippen molar-refractivity contribution < 1.29 is 5.11 Å². The first-order chi connectivity index (χ1) is 14.6. The third kappa shape index (κ3) is 5.25. The van der Waals surface area contributed by atoms with Crippen LogP contribution in [0.1, 0.15) is 82.6 Å². The monoisotopic (exact) mass is 413 g/mol. The van der Waals surface area contributed by atoms with Crippen LogP contribution in [-0.4, -0.2) is 11.3 Å². The minimum Gasteiger partial charge on any atom is -0.507 e. The molecule has 0 radical (unpaired) electrons. The molecule has 0 atom stereocenters. The maximum Gasteiger partial charge on any atom is 0.124 e. The number of phenols is 1. The van der Waals surface area contributed by atoms with Gasteiger partial charge in [0.1, 0.15) is 5.75 Å². The maximum absolute atomic E-state index is 10.5. The van der Waals surface area contributed by atoms with E-state index in [1.807, 2.05) is 12.1 Å². The zero-order chi connectivity index (χ0) is 22.8. The molecular weight excluding hydrogens is 378 g/mol. The van der Waals surface area contributed by atoms with E-state index in [2.05, 4.69) is 90.9 Å². The second-order valence-corrected chi connectivity index (χ2v) is 9.95. The van der Waals surface area contributed by atoms with Gasteiger partial charge in [-0.05, 0) is 57.2 Å². The van der Waals surface area contributed by atoms with Crippen LogP contribution in [0.4, 0.5) is 5.69 Å². The van der Waals surface area contributed by atoms with Crippen molar-refractivity contribution in [3.8, 4) is 16.9 Å². The largest absolute Gasteiger partial charge is 0.507 e. The highest BCUT2D eigenvalue weighted by Crippen LogP contribution is 2.35. The van der Waals surface area contributed by atoms with E-state index in [4.69, 9.17) is 4.99 Å². The van der Waals surface area contributed by atoms with Gasteiger partial charge < -0.3 is 5.11 Å². The van der Waals surface area contributed by atoms with Gasteiger partial charge in [0, 0.05) is 11.8 Å².